The lowest BCUT2D eigenvalue weighted by atomic mass is 9.93. The molecular formula is C30H42F2N2. The monoisotopic (exact) mass is 468 g/mol. The molecule has 1 aromatic heterocycles. The van der Waals surface area contributed by atoms with Crippen molar-refractivity contribution in [1.82, 2.24) is 9.88 Å². The van der Waals surface area contributed by atoms with Crippen LogP contribution in [0.3, 0.4) is 0 Å². The number of unbranched alkanes of at least 4 members (excludes halogenated alkanes) is 1. The molecule has 1 aromatic carbocycles. The largest absolute Gasteiger partial charge is 0.303 e. The third-order valence-corrected chi connectivity index (χ3v) is 6.43. The van der Waals surface area contributed by atoms with Gasteiger partial charge in [0, 0.05) is 24.4 Å². The van der Waals surface area contributed by atoms with Crippen molar-refractivity contribution in [3.05, 3.63) is 82.2 Å². The molecule has 1 aliphatic rings. The highest BCUT2D eigenvalue weighted by Crippen LogP contribution is 2.26. The molecule has 0 bridgehead atoms. The van der Waals surface area contributed by atoms with Gasteiger partial charge in [0.1, 0.15) is 0 Å². The second-order valence-corrected chi connectivity index (χ2v) is 9.69. The van der Waals surface area contributed by atoms with Crippen molar-refractivity contribution in [3.63, 3.8) is 0 Å². The molecule has 1 fully saturated rings. The SMILES string of the molecule is C=C(C)/C=C\c1c(CCCCN2CCCCC2)ccc(C)c1C.Cc1cc(C(C)(F)F)ccn1. The first-order chi connectivity index (χ1) is 16.1. The summed E-state index contributed by atoms with van der Waals surface area (Å²) in [5, 5.41) is 0. The summed E-state index contributed by atoms with van der Waals surface area (Å²) in [6, 6.07) is 7.31. The van der Waals surface area contributed by atoms with Gasteiger partial charge in [-0.2, -0.15) is 0 Å². The molecule has 0 aliphatic carbocycles. The third kappa shape index (κ3) is 9.50. The number of halogens is 2. The number of hydrogen-bond acceptors (Lipinski definition) is 2. The average molecular weight is 469 g/mol. The predicted molar refractivity (Wildman–Crippen MR) is 142 cm³/mol. The predicted octanol–water partition coefficient (Wildman–Crippen LogP) is 8.20. The van der Waals surface area contributed by atoms with Gasteiger partial charge in [-0.3, -0.25) is 4.98 Å². The Morgan fingerprint density at radius 1 is 1.09 bits per heavy atom. The molecule has 2 nitrogen and oxygen atoms in total. The summed E-state index contributed by atoms with van der Waals surface area (Å²) in [6.07, 6.45) is 13.8. The number of alkyl halides is 2. The van der Waals surface area contributed by atoms with Crippen LogP contribution in [0.15, 0.2) is 48.7 Å². The van der Waals surface area contributed by atoms with Crippen LogP contribution in [-0.2, 0) is 12.3 Å². The fourth-order valence-electron chi connectivity index (χ4n) is 4.22. The van der Waals surface area contributed by atoms with Gasteiger partial charge >= 0.3 is 0 Å². The maximum atomic E-state index is 12.6. The van der Waals surface area contributed by atoms with Gasteiger partial charge in [-0.05, 0) is 114 Å². The fraction of sp³-hybridized carbons (Fsp3) is 0.500. The highest BCUT2D eigenvalue weighted by atomic mass is 19.3. The van der Waals surface area contributed by atoms with Crippen molar-refractivity contribution in [2.75, 3.05) is 19.6 Å². The minimum atomic E-state index is -2.76. The van der Waals surface area contributed by atoms with Crippen LogP contribution in [0.25, 0.3) is 6.08 Å². The first-order valence-electron chi connectivity index (χ1n) is 12.5. The molecule has 34 heavy (non-hydrogen) atoms. The highest BCUT2D eigenvalue weighted by molar-refractivity contribution is 5.61. The molecule has 2 aromatic rings. The van der Waals surface area contributed by atoms with Gasteiger partial charge in [-0.1, -0.05) is 42.9 Å². The molecule has 4 heteroatoms. The molecule has 0 amide bonds. The maximum absolute atomic E-state index is 12.6. The molecule has 0 saturated carbocycles. The Labute approximate surface area is 205 Å². The minimum Gasteiger partial charge on any atom is -0.303 e. The second kappa shape index (κ2) is 13.5. The van der Waals surface area contributed by atoms with Gasteiger partial charge in [-0.15, -0.1) is 0 Å². The summed E-state index contributed by atoms with van der Waals surface area (Å²) in [5.41, 5.74) is 7.44. The van der Waals surface area contributed by atoms with E-state index < -0.39 is 5.92 Å². The van der Waals surface area contributed by atoms with Crippen LogP contribution in [0.4, 0.5) is 8.78 Å². The third-order valence-electron chi connectivity index (χ3n) is 6.43. The lowest BCUT2D eigenvalue weighted by molar-refractivity contribution is 0.0173. The van der Waals surface area contributed by atoms with E-state index in [0.29, 0.717) is 5.69 Å². The molecule has 0 unspecified atom stereocenters. The Balaban J connectivity index is 0.000000310. The number of piperidine rings is 1. The van der Waals surface area contributed by atoms with Gasteiger partial charge in [0.15, 0.2) is 0 Å². The average Bonchev–Trinajstić information content (AvgIpc) is 2.79. The molecule has 0 spiro atoms. The Morgan fingerprint density at radius 3 is 2.38 bits per heavy atom. The molecule has 0 N–H and O–H groups in total. The van der Waals surface area contributed by atoms with Crippen LogP contribution in [0, 0.1) is 20.8 Å². The Bertz CT molecular complexity index is 951. The molecule has 186 valence electrons. The number of hydrogen-bond donors (Lipinski definition) is 0. The van der Waals surface area contributed by atoms with E-state index in [1.54, 1.807) is 6.92 Å². The van der Waals surface area contributed by atoms with Crippen LogP contribution < -0.4 is 0 Å². The summed E-state index contributed by atoms with van der Waals surface area (Å²) < 4.78 is 25.2. The van der Waals surface area contributed by atoms with Crippen LogP contribution in [0.2, 0.25) is 0 Å². The molecule has 1 saturated heterocycles. The van der Waals surface area contributed by atoms with Crippen molar-refractivity contribution in [2.45, 2.75) is 79.1 Å². The quantitative estimate of drug-likeness (QED) is 0.287. The zero-order chi connectivity index (χ0) is 25.1. The summed E-state index contributed by atoms with van der Waals surface area (Å²) in [6.45, 7) is 17.0. The normalized spacial score (nSPS) is 14.7. The Morgan fingerprint density at radius 2 is 1.79 bits per heavy atom. The van der Waals surface area contributed by atoms with Crippen molar-refractivity contribution < 1.29 is 8.78 Å². The number of nitrogens with zero attached hydrogens (tertiary/aromatic N) is 2. The number of allylic oxidation sites excluding steroid dienone is 2. The molecule has 2 heterocycles. The van der Waals surface area contributed by atoms with E-state index in [0.717, 1.165) is 12.5 Å². The summed E-state index contributed by atoms with van der Waals surface area (Å²) >= 11 is 0. The minimum absolute atomic E-state index is 0.0185. The molecule has 0 radical (unpaired) electrons. The van der Waals surface area contributed by atoms with E-state index >= 15 is 0 Å². The van der Waals surface area contributed by atoms with Crippen molar-refractivity contribution in [1.29, 1.82) is 0 Å². The summed E-state index contributed by atoms with van der Waals surface area (Å²) in [5.74, 6) is -2.76. The van der Waals surface area contributed by atoms with Crippen molar-refractivity contribution in [3.8, 4) is 0 Å². The first-order valence-corrected chi connectivity index (χ1v) is 12.5. The van der Waals surface area contributed by atoms with Gasteiger partial charge in [0.2, 0.25) is 0 Å². The zero-order valence-electron chi connectivity index (χ0n) is 21.8. The fourth-order valence-corrected chi connectivity index (χ4v) is 4.22. The van der Waals surface area contributed by atoms with Crippen LogP contribution in [0.1, 0.15) is 79.5 Å². The van der Waals surface area contributed by atoms with Gasteiger partial charge in [0.05, 0.1) is 0 Å². The van der Waals surface area contributed by atoms with Crippen molar-refractivity contribution >= 4 is 6.08 Å². The highest BCUT2D eigenvalue weighted by Gasteiger charge is 2.23. The Kier molecular flexibility index (Phi) is 11.1. The van der Waals surface area contributed by atoms with E-state index in [1.165, 1.54) is 98.7 Å². The van der Waals surface area contributed by atoms with Crippen LogP contribution in [0.5, 0.6) is 0 Å². The van der Waals surface area contributed by atoms with E-state index in [9.17, 15) is 8.78 Å². The number of aryl methyl sites for hydroxylation is 3. The Hall–Kier alpha value is -2.33. The summed E-state index contributed by atoms with van der Waals surface area (Å²) in [4.78, 5) is 6.46. The van der Waals surface area contributed by atoms with E-state index in [4.69, 9.17) is 0 Å². The molecular weight excluding hydrogens is 426 g/mol. The van der Waals surface area contributed by atoms with Gasteiger partial charge in [0.25, 0.3) is 5.92 Å². The van der Waals surface area contributed by atoms with Gasteiger partial charge in [-0.25, -0.2) is 8.78 Å². The second-order valence-electron chi connectivity index (χ2n) is 9.69. The lowest BCUT2D eigenvalue weighted by Crippen LogP contribution is -2.30. The summed E-state index contributed by atoms with van der Waals surface area (Å²) in [7, 11) is 0. The smallest absolute Gasteiger partial charge is 0.270 e. The molecule has 1 aliphatic heterocycles. The zero-order valence-corrected chi connectivity index (χ0v) is 21.8. The van der Waals surface area contributed by atoms with E-state index in [1.807, 2.05) is 0 Å². The van der Waals surface area contributed by atoms with Crippen LogP contribution in [-0.4, -0.2) is 29.5 Å². The standard InChI is InChI=1S/C22H33N.C8H9F2N/c1-18(2)11-14-22-20(4)19(3)12-13-21(22)10-6-9-17-23-15-7-5-8-16-23;1-6-5-7(3-4-11-6)8(2,9)10/h11-14H,1,5-10,15-17H2,2-4H3;3-5H,1-2H3/b14-11-;. The molecule has 0 atom stereocenters. The number of rotatable bonds is 8. The number of pyridine rings is 1. The van der Waals surface area contributed by atoms with Crippen LogP contribution >= 0.6 is 0 Å². The van der Waals surface area contributed by atoms with Crippen molar-refractivity contribution in [2.24, 2.45) is 0 Å². The maximum Gasteiger partial charge on any atom is 0.270 e. The number of benzene rings is 1. The van der Waals surface area contributed by atoms with E-state index in [2.05, 4.69) is 61.5 Å². The van der Waals surface area contributed by atoms with E-state index in [-0.39, 0.29) is 5.56 Å². The molecule has 3 rings (SSSR count). The number of aromatic nitrogens is 1. The lowest BCUT2D eigenvalue weighted by Gasteiger charge is -2.26. The number of likely N-dealkylation sites (tertiary alicyclic amines) is 1. The van der Waals surface area contributed by atoms with Gasteiger partial charge < -0.3 is 4.90 Å². The first kappa shape index (κ1) is 27.9. The topological polar surface area (TPSA) is 16.1 Å².